The summed E-state index contributed by atoms with van der Waals surface area (Å²) in [6.07, 6.45) is 2.79. The maximum atomic E-state index is 10.6. The number of nitrogens with zero attached hydrogens (tertiary/aromatic N) is 3. The predicted octanol–water partition coefficient (Wildman–Crippen LogP) is 1.51. The minimum atomic E-state index is -0.438. The van der Waals surface area contributed by atoms with Gasteiger partial charge in [0.05, 0.1) is 11.0 Å². The molecule has 0 unspecified atom stereocenters. The number of aliphatic hydroxyl groups excluding tert-OH is 1. The van der Waals surface area contributed by atoms with Gasteiger partial charge in [0.15, 0.2) is 0 Å². The van der Waals surface area contributed by atoms with Gasteiger partial charge in [0.1, 0.15) is 12.0 Å². The molecule has 0 saturated heterocycles. The van der Waals surface area contributed by atoms with E-state index in [9.17, 15) is 15.2 Å². The van der Waals surface area contributed by atoms with Crippen molar-refractivity contribution in [1.82, 2.24) is 4.98 Å². The minimum Gasteiger partial charge on any atom is -0.393 e. The highest BCUT2D eigenvalue weighted by molar-refractivity contribution is 5.49. The maximum Gasteiger partial charge on any atom is 0.287 e. The summed E-state index contributed by atoms with van der Waals surface area (Å²) in [5, 5.41) is 19.9. The van der Waals surface area contributed by atoms with Crippen molar-refractivity contribution in [2.24, 2.45) is 5.92 Å². The lowest BCUT2D eigenvalue weighted by Gasteiger charge is -2.35. The van der Waals surface area contributed by atoms with Crippen molar-refractivity contribution in [2.45, 2.75) is 25.9 Å². The number of hydrogen-bond donors (Lipinski definition) is 1. The highest BCUT2D eigenvalue weighted by Gasteiger charge is 2.28. The monoisotopic (exact) mass is 251 g/mol. The highest BCUT2D eigenvalue weighted by Crippen LogP contribution is 2.29. The molecule has 98 valence electrons. The average molecular weight is 251 g/mol. The second-order valence-electron chi connectivity index (χ2n) is 4.96. The van der Waals surface area contributed by atoms with Crippen molar-refractivity contribution < 1.29 is 10.0 Å². The van der Waals surface area contributed by atoms with Gasteiger partial charge in [-0.05, 0) is 31.2 Å². The maximum absolute atomic E-state index is 10.6. The van der Waals surface area contributed by atoms with Gasteiger partial charge in [-0.2, -0.15) is 0 Å². The second kappa shape index (κ2) is 4.89. The Morgan fingerprint density at radius 2 is 2.28 bits per heavy atom. The van der Waals surface area contributed by atoms with Gasteiger partial charge in [-0.25, -0.2) is 4.98 Å². The van der Waals surface area contributed by atoms with Crippen LogP contribution in [-0.4, -0.2) is 34.7 Å². The van der Waals surface area contributed by atoms with E-state index in [1.54, 1.807) is 0 Å². The van der Waals surface area contributed by atoms with Crippen molar-refractivity contribution in [3.05, 3.63) is 27.9 Å². The molecule has 1 N–H and O–H groups in total. The van der Waals surface area contributed by atoms with Crippen molar-refractivity contribution in [3.8, 4) is 0 Å². The molecule has 0 radical (unpaired) electrons. The average Bonchev–Trinajstić information content (AvgIpc) is 2.26. The van der Waals surface area contributed by atoms with E-state index in [-0.39, 0.29) is 11.8 Å². The first-order chi connectivity index (χ1) is 8.47. The largest absolute Gasteiger partial charge is 0.393 e. The molecule has 1 fully saturated rings. The first-order valence-corrected chi connectivity index (χ1v) is 5.97. The highest BCUT2D eigenvalue weighted by atomic mass is 16.6. The van der Waals surface area contributed by atoms with E-state index >= 15 is 0 Å². The zero-order valence-corrected chi connectivity index (χ0v) is 10.5. The molecule has 1 aromatic heterocycles. The Kier molecular flexibility index (Phi) is 3.47. The van der Waals surface area contributed by atoms with E-state index in [1.807, 2.05) is 18.9 Å². The number of hydrogen-bond acceptors (Lipinski definition) is 5. The lowest BCUT2D eigenvalue weighted by molar-refractivity contribution is -0.385. The van der Waals surface area contributed by atoms with Crippen molar-refractivity contribution in [3.63, 3.8) is 0 Å². The van der Waals surface area contributed by atoms with Gasteiger partial charge in [-0.3, -0.25) is 10.1 Å². The molecule has 1 aliphatic carbocycles. The first kappa shape index (κ1) is 12.8. The summed E-state index contributed by atoms with van der Waals surface area (Å²) in [7, 11) is 1.92. The molecule has 6 heteroatoms. The molecular formula is C12H17N3O3. The minimum absolute atomic E-state index is 0.0173. The summed E-state index contributed by atoms with van der Waals surface area (Å²) in [6.45, 7) is 2.64. The molecule has 0 bridgehead atoms. The number of aromatic nitrogens is 1. The number of nitro groups is 1. The van der Waals surface area contributed by atoms with Crippen molar-refractivity contribution in [2.75, 3.05) is 18.5 Å². The molecule has 0 amide bonds. The quantitative estimate of drug-likeness (QED) is 0.648. The number of aliphatic hydroxyl groups is 1. The van der Waals surface area contributed by atoms with Crippen LogP contribution in [0.4, 0.5) is 11.5 Å². The normalized spacial score (nSPS) is 22.4. The summed E-state index contributed by atoms with van der Waals surface area (Å²) in [6, 6.07) is 1.54. The molecule has 0 spiro atoms. The Morgan fingerprint density at radius 1 is 1.61 bits per heavy atom. The molecule has 0 aliphatic heterocycles. The summed E-state index contributed by atoms with van der Waals surface area (Å²) < 4.78 is 0. The Bertz CT molecular complexity index is 458. The topological polar surface area (TPSA) is 79.5 Å². The lowest BCUT2D eigenvalue weighted by Crippen LogP contribution is -2.37. The van der Waals surface area contributed by atoms with Crippen molar-refractivity contribution in [1.29, 1.82) is 0 Å². The van der Waals surface area contributed by atoms with Crippen LogP contribution in [0.3, 0.4) is 0 Å². The van der Waals surface area contributed by atoms with Crippen LogP contribution < -0.4 is 4.90 Å². The summed E-state index contributed by atoms with van der Waals surface area (Å²) in [5.74, 6) is 1.25. The molecule has 1 saturated carbocycles. The van der Waals surface area contributed by atoms with Gasteiger partial charge in [0, 0.05) is 19.7 Å². The number of anilines is 1. The van der Waals surface area contributed by atoms with E-state index in [4.69, 9.17) is 0 Å². The third kappa shape index (κ3) is 2.59. The van der Waals surface area contributed by atoms with E-state index < -0.39 is 4.92 Å². The number of aryl methyl sites for hydroxylation is 1. The van der Waals surface area contributed by atoms with Gasteiger partial charge in [-0.1, -0.05) is 0 Å². The zero-order chi connectivity index (χ0) is 13.3. The van der Waals surface area contributed by atoms with Crippen LogP contribution in [0.2, 0.25) is 0 Å². The van der Waals surface area contributed by atoms with Gasteiger partial charge < -0.3 is 10.0 Å². The van der Waals surface area contributed by atoms with Crippen LogP contribution in [-0.2, 0) is 0 Å². The van der Waals surface area contributed by atoms with Gasteiger partial charge >= 0.3 is 0 Å². The Hall–Kier alpha value is -1.69. The fourth-order valence-corrected chi connectivity index (χ4v) is 2.38. The van der Waals surface area contributed by atoms with Gasteiger partial charge in [-0.15, -0.1) is 0 Å². The van der Waals surface area contributed by atoms with Crippen molar-refractivity contribution >= 4 is 11.5 Å². The molecule has 1 aliphatic rings. The Labute approximate surface area is 105 Å². The first-order valence-electron chi connectivity index (χ1n) is 5.97. The fourth-order valence-electron chi connectivity index (χ4n) is 2.38. The van der Waals surface area contributed by atoms with E-state index in [0.717, 1.165) is 30.8 Å². The van der Waals surface area contributed by atoms with Crippen LogP contribution in [0.1, 0.15) is 18.4 Å². The molecule has 0 aromatic carbocycles. The molecule has 2 rings (SSSR count). The molecule has 18 heavy (non-hydrogen) atoms. The molecular weight excluding hydrogens is 234 g/mol. The molecule has 1 aromatic rings. The Balaban J connectivity index is 2.05. The molecule has 1 heterocycles. The molecule has 0 atom stereocenters. The van der Waals surface area contributed by atoms with Gasteiger partial charge in [0.25, 0.3) is 5.69 Å². The van der Waals surface area contributed by atoms with Crippen LogP contribution in [0, 0.1) is 23.0 Å². The standard InChI is InChI=1S/C12H17N3O3/c1-8-3-10(15(17)18)6-13-12(8)14(2)7-9-4-11(16)5-9/h3,6,9,11,16H,4-5,7H2,1-2H3. The summed E-state index contributed by atoms with van der Waals surface area (Å²) in [4.78, 5) is 16.3. The lowest BCUT2D eigenvalue weighted by atomic mass is 9.82. The second-order valence-corrected chi connectivity index (χ2v) is 4.96. The summed E-state index contributed by atoms with van der Waals surface area (Å²) in [5.41, 5.74) is 0.815. The summed E-state index contributed by atoms with van der Waals surface area (Å²) >= 11 is 0. The van der Waals surface area contributed by atoms with Crippen LogP contribution in [0.15, 0.2) is 12.3 Å². The predicted molar refractivity (Wildman–Crippen MR) is 67.6 cm³/mol. The number of rotatable bonds is 4. The fraction of sp³-hybridized carbons (Fsp3) is 0.583. The van der Waals surface area contributed by atoms with Crippen LogP contribution in [0.5, 0.6) is 0 Å². The third-order valence-electron chi connectivity index (χ3n) is 3.35. The SMILES string of the molecule is Cc1cc([N+](=O)[O-])cnc1N(C)CC1CC(O)C1. The third-order valence-corrected chi connectivity index (χ3v) is 3.35. The van der Waals surface area contributed by atoms with Crippen LogP contribution >= 0.6 is 0 Å². The van der Waals surface area contributed by atoms with Gasteiger partial charge in [0.2, 0.25) is 0 Å². The molecule has 6 nitrogen and oxygen atoms in total. The zero-order valence-electron chi connectivity index (χ0n) is 10.5. The van der Waals surface area contributed by atoms with E-state index in [1.165, 1.54) is 12.3 Å². The van der Waals surface area contributed by atoms with Crippen LogP contribution in [0.25, 0.3) is 0 Å². The Morgan fingerprint density at radius 3 is 2.78 bits per heavy atom. The van der Waals surface area contributed by atoms with E-state index in [0.29, 0.717) is 5.92 Å². The van der Waals surface area contributed by atoms with E-state index in [2.05, 4.69) is 4.98 Å². The smallest absolute Gasteiger partial charge is 0.287 e. The number of pyridine rings is 1.